The van der Waals surface area contributed by atoms with Crippen LogP contribution in [0.15, 0.2) is 79.3 Å². The summed E-state index contributed by atoms with van der Waals surface area (Å²) in [6.45, 7) is 1.15. The van der Waals surface area contributed by atoms with Crippen LogP contribution >= 0.6 is 11.6 Å². The molecule has 2 heterocycles. The molecule has 8 nitrogen and oxygen atoms in total. The monoisotopic (exact) mass is 611 g/mol. The van der Waals surface area contributed by atoms with Crippen molar-refractivity contribution in [3.8, 4) is 5.75 Å². The van der Waals surface area contributed by atoms with Gasteiger partial charge in [0.1, 0.15) is 11.8 Å². The fourth-order valence-corrected chi connectivity index (χ4v) is 5.12. The summed E-state index contributed by atoms with van der Waals surface area (Å²) in [7, 11) is 0. The first-order chi connectivity index (χ1) is 20.6. The number of imidazole rings is 1. The molecule has 3 aromatic carbocycles. The van der Waals surface area contributed by atoms with E-state index in [1.807, 2.05) is 10.6 Å². The van der Waals surface area contributed by atoms with E-state index in [1.54, 1.807) is 48.9 Å². The molecule has 4 N–H and O–H groups in total. The molecule has 1 aromatic heterocycles. The topological polar surface area (TPSA) is 111 Å². The molecular formula is C31H29ClF3N5O3. The Kier molecular flexibility index (Phi) is 9.02. The Balaban J connectivity index is 1.26. The molecule has 0 aliphatic carbocycles. The Morgan fingerprint density at radius 3 is 2.49 bits per heavy atom. The standard InChI is InChI=1S/C31H29ClF3N5O3/c32-22-10-6-19(7-11-22)14-27(29(36)41)39-30(42)25-3-1-2-24-26(12-13-43-28(24)25)38-16-23-15-37-18-40(23)17-20-4-8-21(9-5-20)31(33,34)35/h1-11,15,18,26-27,38H,12-14,16-17H2,(H2,36,41)(H,39,42)/t26?,27-/m0/s1. The molecule has 4 aromatic rings. The van der Waals surface area contributed by atoms with E-state index in [1.165, 1.54) is 12.1 Å². The predicted octanol–water partition coefficient (Wildman–Crippen LogP) is 5.04. The summed E-state index contributed by atoms with van der Waals surface area (Å²) >= 11 is 5.95. The molecule has 1 aliphatic heterocycles. The molecule has 43 heavy (non-hydrogen) atoms. The molecule has 5 rings (SSSR count). The number of benzene rings is 3. The third kappa shape index (κ3) is 7.36. The van der Waals surface area contributed by atoms with Crippen LogP contribution in [0.1, 0.15) is 50.8 Å². The van der Waals surface area contributed by atoms with Gasteiger partial charge >= 0.3 is 6.18 Å². The number of alkyl halides is 3. The maximum absolute atomic E-state index is 13.3. The Hall–Kier alpha value is -4.35. The number of hydrogen-bond acceptors (Lipinski definition) is 5. The number of nitrogens with one attached hydrogen (secondary N) is 2. The number of hydrogen-bond donors (Lipinski definition) is 3. The second-order valence-electron chi connectivity index (χ2n) is 10.3. The highest BCUT2D eigenvalue weighted by Gasteiger charge is 2.30. The summed E-state index contributed by atoms with van der Waals surface area (Å²) in [5, 5.41) is 6.79. The molecule has 0 saturated carbocycles. The molecule has 0 radical (unpaired) electrons. The quantitative estimate of drug-likeness (QED) is 0.233. The summed E-state index contributed by atoms with van der Waals surface area (Å²) < 4.78 is 46.5. The fourth-order valence-electron chi connectivity index (χ4n) is 4.99. The van der Waals surface area contributed by atoms with Crippen LogP contribution in [0, 0.1) is 0 Å². The third-order valence-corrected chi connectivity index (χ3v) is 7.53. The van der Waals surface area contributed by atoms with E-state index < -0.39 is 29.6 Å². The fraction of sp³-hybridized carbons (Fsp3) is 0.258. The zero-order valence-corrected chi connectivity index (χ0v) is 23.7. The Morgan fingerprint density at radius 1 is 1.07 bits per heavy atom. The molecule has 1 aliphatic rings. The van der Waals surface area contributed by atoms with Gasteiger partial charge in [-0.05, 0) is 41.5 Å². The zero-order valence-electron chi connectivity index (χ0n) is 22.9. The highest BCUT2D eigenvalue weighted by molar-refractivity contribution is 6.30. The number of ether oxygens (including phenoxy) is 1. The number of nitrogens with zero attached hydrogens (tertiary/aromatic N) is 2. The Morgan fingerprint density at radius 2 is 1.79 bits per heavy atom. The summed E-state index contributed by atoms with van der Waals surface area (Å²) in [4.78, 5) is 29.7. The molecule has 0 spiro atoms. The van der Waals surface area contributed by atoms with Gasteiger partial charge in [0.15, 0.2) is 0 Å². The van der Waals surface area contributed by atoms with E-state index in [0.29, 0.717) is 48.0 Å². The molecule has 12 heteroatoms. The van der Waals surface area contributed by atoms with Gasteiger partial charge in [-0.2, -0.15) is 13.2 Å². The number of rotatable bonds is 10. The number of nitrogens with two attached hydrogens (primary N) is 1. The molecule has 0 saturated heterocycles. The second kappa shape index (κ2) is 12.9. The molecule has 1 unspecified atom stereocenters. The number of fused-ring (bicyclic) bond motifs is 1. The molecule has 0 bridgehead atoms. The van der Waals surface area contributed by atoms with E-state index >= 15 is 0 Å². The van der Waals surface area contributed by atoms with Crippen molar-refractivity contribution in [3.63, 3.8) is 0 Å². The number of carbonyl (C=O) groups excluding carboxylic acids is 2. The lowest BCUT2D eigenvalue weighted by Crippen LogP contribution is -2.46. The van der Waals surface area contributed by atoms with Gasteiger partial charge in [-0.15, -0.1) is 0 Å². The molecule has 2 amide bonds. The van der Waals surface area contributed by atoms with Crippen LogP contribution in [-0.2, 0) is 30.5 Å². The maximum Gasteiger partial charge on any atom is 0.416 e. The van der Waals surface area contributed by atoms with Crippen molar-refractivity contribution in [2.24, 2.45) is 5.73 Å². The van der Waals surface area contributed by atoms with Gasteiger partial charge in [-0.25, -0.2) is 4.98 Å². The summed E-state index contributed by atoms with van der Waals surface area (Å²) in [6.07, 6.45) is -0.200. The number of halogens is 4. The number of para-hydroxylation sites is 1. The van der Waals surface area contributed by atoms with Crippen molar-refractivity contribution >= 4 is 23.4 Å². The number of primary amides is 1. The summed E-state index contributed by atoms with van der Waals surface area (Å²) in [5.74, 6) is -0.719. The largest absolute Gasteiger partial charge is 0.492 e. The number of amides is 2. The Labute approximate surface area is 251 Å². The molecular weight excluding hydrogens is 583 g/mol. The van der Waals surface area contributed by atoms with Crippen LogP contribution in [0.2, 0.25) is 5.02 Å². The lowest BCUT2D eigenvalue weighted by molar-refractivity contribution is -0.137. The molecule has 2 atom stereocenters. The summed E-state index contributed by atoms with van der Waals surface area (Å²) in [6, 6.07) is 16.2. The highest BCUT2D eigenvalue weighted by atomic mass is 35.5. The van der Waals surface area contributed by atoms with E-state index in [4.69, 9.17) is 22.1 Å². The number of carbonyl (C=O) groups is 2. The lowest BCUT2D eigenvalue weighted by atomic mass is 9.96. The minimum absolute atomic E-state index is 0.146. The first kappa shape index (κ1) is 30.1. The van der Waals surface area contributed by atoms with Crippen LogP contribution < -0.4 is 21.1 Å². The van der Waals surface area contributed by atoms with Gasteiger partial charge < -0.3 is 25.7 Å². The summed E-state index contributed by atoms with van der Waals surface area (Å²) in [5.41, 5.74) is 8.34. The average Bonchev–Trinajstić information content (AvgIpc) is 3.42. The highest BCUT2D eigenvalue weighted by Crippen LogP contribution is 2.35. The van der Waals surface area contributed by atoms with Crippen molar-refractivity contribution in [1.29, 1.82) is 0 Å². The van der Waals surface area contributed by atoms with Gasteiger partial charge in [0.2, 0.25) is 5.91 Å². The average molecular weight is 612 g/mol. The van der Waals surface area contributed by atoms with Crippen molar-refractivity contribution in [3.05, 3.63) is 118 Å². The minimum Gasteiger partial charge on any atom is -0.492 e. The van der Waals surface area contributed by atoms with Crippen LogP contribution in [0.5, 0.6) is 5.75 Å². The smallest absolute Gasteiger partial charge is 0.416 e. The van der Waals surface area contributed by atoms with E-state index in [-0.39, 0.29) is 12.5 Å². The van der Waals surface area contributed by atoms with E-state index in [0.717, 1.165) is 29.0 Å². The van der Waals surface area contributed by atoms with Gasteiger partial charge in [0.25, 0.3) is 5.91 Å². The van der Waals surface area contributed by atoms with Crippen molar-refractivity contribution in [2.75, 3.05) is 6.61 Å². The van der Waals surface area contributed by atoms with Gasteiger partial charge in [-0.3, -0.25) is 9.59 Å². The predicted molar refractivity (Wildman–Crippen MR) is 155 cm³/mol. The van der Waals surface area contributed by atoms with Crippen molar-refractivity contribution in [2.45, 2.75) is 44.2 Å². The molecule has 0 fully saturated rings. The van der Waals surface area contributed by atoms with Gasteiger partial charge in [0.05, 0.1) is 29.8 Å². The van der Waals surface area contributed by atoms with Crippen molar-refractivity contribution < 1.29 is 27.5 Å². The van der Waals surface area contributed by atoms with Gasteiger partial charge in [0, 0.05) is 48.8 Å². The number of aromatic nitrogens is 2. The van der Waals surface area contributed by atoms with E-state index in [2.05, 4.69) is 15.6 Å². The van der Waals surface area contributed by atoms with Crippen LogP contribution in [0.25, 0.3) is 0 Å². The normalized spacial score (nSPS) is 15.3. The second-order valence-corrected chi connectivity index (χ2v) is 10.7. The van der Waals surface area contributed by atoms with E-state index in [9.17, 15) is 22.8 Å². The Bertz CT molecular complexity index is 1590. The molecule has 224 valence electrons. The zero-order chi connectivity index (χ0) is 30.6. The SMILES string of the molecule is NC(=O)[C@H](Cc1ccc(Cl)cc1)NC(=O)c1cccc2c1OCCC2NCc1cncn1Cc1ccc(C(F)(F)F)cc1. The third-order valence-electron chi connectivity index (χ3n) is 7.28. The van der Waals surface area contributed by atoms with Crippen molar-refractivity contribution in [1.82, 2.24) is 20.2 Å². The van der Waals surface area contributed by atoms with Crippen LogP contribution in [0.3, 0.4) is 0 Å². The van der Waals surface area contributed by atoms with Crippen LogP contribution in [0.4, 0.5) is 13.2 Å². The minimum atomic E-state index is -4.38. The van der Waals surface area contributed by atoms with Gasteiger partial charge in [-0.1, -0.05) is 48.0 Å². The first-order valence-corrected chi connectivity index (χ1v) is 13.9. The lowest BCUT2D eigenvalue weighted by Gasteiger charge is -2.28. The first-order valence-electron chi connectivity index (χ1n) is 13.6. The maximum atomic E-state index is 13.3. The van der Waals surface area contributed by atoms with Crippen LogP contribution in [-0.4, -0.2) is 34.0 Å².